The minimum absolute atomic E-state index is 0.421. The van der Waals surface area contributed by atoms with Gasteiger partial charge in [-0.05, 0) is 336 Å². The molecule has 0 radical (unpaired) electrons. The average Bonchev–Trinajstić information content (AvgIpc) is 1.50. The van der Waals surface area contributed by atoms with Gasteiger partial charge in [0.15, 0.2) is 0 Å². The highest BCUT2D eigenvalue weighted by molar-refractivity contribution is 5.87. The maximum Gasteiger partial charge on any atom is 0.0960 e. The Labute approximate surface area is 810 Å². The molecule has 0 N–H and O–H groups in total. The molecule has 0 aliphatic carbocycles. The second-order valence-corrected chi connectivity index (χ2v) is 42.2. The second-order valence-electron chi connectivity index (χ2n) is 42.2. The van der Waals surface area contributed by atoms with Crippen LogP contribution in [0.25, 0.3) is 98.4 Å². The third-order valence-corrected chi connectivity index (χ3v) is 25.7. The molecule has 9 aromatic carbocycles. The minimum atomic E-state index is 0.421. The van der Waals surface area contributed by atoms with Crippen molar-refractivity contribution in [1.29, 1.82) is 0 Å². The van der Waals surface area contributed by atoms with Crippen LogP contribution in [0.4, 0.5) is 0 Å². The SMILES string of the molecule is CC(C)c1ccc2c(c1)ncn2C(C)C.CC(C)c1ccc2c(ccn2C(C)C)c1.CC(C)c1ccc2c(cnn2C(C)C)c1.CC(C)c1ccc2ccn(C(C)C)c2c1.CC(C)c1ccc2cnn(C(C)C)c2c1.CC(C)c1ccc2ncn(C(C)C)c2c1.CC(C)c1cccc2c1ccn2C(C)C.CC(C)c1cccc2c1cnn2C(C)C.CC(C)c1cccc2c1cnn2C(C)C. The number of benzene rings is 9. The Morgan fingerprint density at radius 3 is 0.956 bits per heavy atom. The van der Waals surface area contributed by atoms with E-state index in [0.29, 0.717) is 108 Å². The molecule has 0 aliphatic rings. The zero-order chi connectivity index (χ0) is 99.0. The molecule has 0 spiro atoms. The Morgan fingerprint density at radius 1 is 0.185 bits per heavy atom. The molecule has 0 atom stereocenters. The Bertz CT molecular complexity index is 6090. The van der Waals surface area contributed by atoms with Crippen molar-refractivity contribution in [3.05, 3.63) is 288 Å². The normalized spacial score (nSPS) is 11.9. The summed E-state index contributed by atoms with van der Waals surface area (Å²) < 4.78 is 19.7. The van der Waals surface area contributed by atoms with Crippen molar-refractivity contribution in [3.63, 3.8) is 0 Å². The van der Waals surface area contributed by atoms with Gasteiger partial charge in [-0.25, -0.2) is 9.97 Å². The molecule has 18 aromatic rings. The Balaban J connectivity index is 0.000000157. The highest BCUT2D eigenvalue weighted by atomic mass is 15.3. The van der Waals surface area contributed by atoms with Gasteiger partial charge in [0.1, 0.15) is 0 Å². The Morgan fingerprint density at radius 2 is 0.504 bits per heavy atom. The van der Waals surface area contributed by atoms with E-state index in [0.717, 1.165) is 11.0 Å². The standard InChI is InChI=1S/3C14H19N.6C13H18N2/c1-10(2)12-5-6-14-13(9-12)7-8-15(14)11(3)4;1-10(2)13-6-5-12-7-8-15(11(3)4)14(12)9-13;1-10(2)12-6-5-7-14-13(12)8-9-15(14)11(3)4;1-9(2)11-5-6-13-12(7-11)14-8-15(13)10(3)4;1-9(2)11-5-6-13-12(7-11)8-14-15(13)10(3)4;1-9(2)11-5-6-12-13(7-11)15(8-14-12)10(3)4;1-9(2)11-5-6-12-8-14-15(10(3)4)13(12)7-11;2*1-9(2)11-6-5-7-13-12(11)8-14-15(13)10(3)4/h3*5-11H,1-4H3;6*5-10H,1-4H3. The van der Waals surface area contributed by atoms with Gasteiger partial charge >= 0.3 is 0 Å². The first-order chi connectivity index (χ1) is 63.9. The van der Waals surface area contributed by atoms with E-state index >= 15 is 0 Å². The second kappa shape index (κ2) is 47.3. The first-order valence-corrected chi connectivity index (χ1v) is 50.5. The first kappa shape index (κ1) is 105. The van der Waals surface area contributed by atoms with Gasteiger partial charge in [0.25, 0.3) is 0 Å². The predicted molar refractivity (Wildman–Crippen MR) is 584 cm³/mol. The zero-order valence-electron chi connectivity index (χ0n) is 89.1. The van der Waals surface area contributed by atoms with Gasteiger partial charge < -0.3 is 22.8 Å². The number of aromatic nitrogens is 15. The number of nitrogens with zero attached hydrogens (tertiary/aromatic N) is 15. The van der Waals surface area contributed by atoms with Gasteiger partial charge in [0.05, 0.1) is 81.6 Å². The van der Waals surface area contributed by atoms with E-state index < -0.39 is 0 Å². The molecule has 0 amide bonds. The molecule has 0 saturated carbocycles. The van der Waals surface area contributed by atoms with Crippen LogP contribution in [-0.4, -0.2) is 71.9 Å². The van der Waals surface area contributed by atoms with E-state index in [2.05, 4.69) is 522 Å². The lowest BCUT2D eigenvalue weighted by molar-refractivity contribution is 0.550. The lowest BCUT2D eigenvalue weighted by atomic mass is 9.99. The van der Waals surface area contributed by atoms with E-state index in [-0.39, 0.29) is 0 Å². The third-order valence-electron chi connectivity index (χ3n) is 25.7. The minimum Gasteiger partial charge on any atom is -0.345 e. The maximum atomic E-state index is 4.45. The number of hydrogen-bond donors (Lipinski definition) is 0. The average molecular weight is 1820 g/mol. The van der Waals surface area contributed by atoms with Crippen molar-refractivity contribution in [2.75, 3.05) is 0 Å². The molecule has 0 aliphatic heterocycles. The lowest BCUT2D eigenvalue weighted by Gasteiger charge is -2.11. The van der Waals surface area contributed by atoms with E-state index in [4.69, 9.17) is 0 Å². The van der Waals surface area contributed by atoms with Crippen molar-refractivity contribution in [3.8, 4) is 0 Å². The summed E-state index contributed by atoms with van der Waals surface area (Å²) in [7, 11) is 0. The fraction of sp³-hybridized carbons (Fsp3) is 0.450. The molecular formula is C120H165N15. The van der Waals surface area contributed by atoms with Crippen molar-refractivity contribution in [1.82, 2.24) is 71.9 Å². The molecule has 0 fully saturated rings. The fourth-order valence-corrected chi connectivity index (χ4v) is 17.5. The fourth-order valence-electron chi connectivity index (χ4n) is 17.5. The van der Waals surface area contributed by atoms with Crippen LogP contribution in [0.1, 0.15) is 407 Å². The predicted octanol–water partition coefficient (Wildman–Crippen LogP) is 35.5. The third kappa shape index (κ3) is 26.0. The molecule has 9 aromatic heterocycles. The monoisotopic (exact) mass is 1820 g/mol. The smallest absolute Gasteiger partial charge is 0.0960 e. The number of hydrogen-bond acceptors (Lipinski definition) is 6. The molecule has 15 nitrogen and oxygen atoms in total. The van der Waals surface area contributed by atoms with Gasteiger partial charge in [-0.1, -0.05) is 210 Å². The van der Waals surface area contributed by atoms with Crippen molar-refractivity contribution in [2.45, 2.75) is 357 Å². The van der Waals surface area contributed by atoms with Gasteiger partial charge in [-0.3, -0.25) is 18.7 Å². The summed E-state index contributed by atoms with van der Waals surface area (Å²) in [5, 5.41) is 26.9. The molecule has 0 bridgehead atoms. The largest absolute Gasteiger partial charge is 0.345 e. The number of rotatable bonds is 18. The van der Waals surface area contributed by atoms with Crippen molar-refractivity contribution >= 4 is 98.4 Å². The highest BCUT2D eigenvalue weighted by Gasteiger charge is 2.18. The summed E-state index contributed by atoms with van der Waals surface area (Å²) in [6.45, 7) is 79.4. The molecular weight excluding hydrogens is 1650 g/mol. The van der Waals surface area contributed by atoms with Crippen molar-refractivity contribution in [2.24, 2.45) is 0 Å². The van der Waals surface area contributed by atoms with E-state index in [1.54, 1.807) is 0 Å². The van der Waals surface area contributed by atoms with E-state index in [1.165, 1.54) is 137 Å². The molecule has 0 unspecified atom stereocenters. The topological polar surface area (TPSA) is 122 Å². The summed E-state index contributed by atoms with van der Waals surface area (Å²) in [5.74, 6) is 5.21. The summed E-state index contributed by atoms with van der Waals surface area (Å²) in [6.07, 6.45) is 18.3. The Kier molecular flexibility index (Phi) is 36.9. The molecule has 9 heterocycles. The summed E-state index contributed by atoms with van der Waals surface area (Å²) in [5.41, 5.74) is 26.3. The van der Waals surface area contributed by atoms with Gasteiger partial charge in [-0.15, -0.1) is 0 Å². The first-order valence-electron chi connectivity index (χ1n) is 50.5. The van der Waals surface area contributed by atoms with Crippen LogP contribution in [-0.2, 0) is 0 Å². The van der Waals surface area contributed by atoms with Crippen LogP contribution in [0.3, 0.4) is 0 Å². The zero-order valence-corrected chi connectivity index (χ0v) is 89.1. The van der Waals surface area contributed by atoms with Crippen molar-refractivity contribution < 1.29 is 0 Å². The highest BCUT2D eigenvalue weighted by Crippen LogP contribution is 2.35. The summed E-state index contributed by atoms with van der Waals surface area (Å²) >= 11 is 0. The van der Waals surface area contributed by atoms with Crippen LogP contribution in [0.2, 0.25) is 0 Å². The Hall–Kier alpha value is -11.6. The number of imidazole rings is 2. The van der Waals surface area contributed by atoms with Gasteiger partial charge in [-0.2, -0.15) is 20.4 Å². The summed E-state index contributed by atoms with van der Waals surface area (Å²) in [4.78, 5) is 8.85. The van der Waals surface area contributed by atoms with Crippen LogP contribution in [0.5, 0.6) is 0 Å². The van der Waals surface area contributed by atoms with Crippen LogP contribution in [0.15, 0.2) is 238 Å². The summed E-state index contributed by atoms with van der Waals surface area (Å²) in [6, 6.07) is 70.3. The quantitative estimate of drug-likeness (QED) is 0.0843. The lowest BCUT2D eigenvalue weighted by Crippen LogP contribution is -2.02. The molecule has 720 valence electrons. The van der Waals surface area contributed by atoms with Crippen LogP contribution in [0, 0.1) is 0 Å². The van der Waals surface area contributed by atoms with Crippen LogP contribution >= 0.6 is 0 Å². The van der Waals surface area contributed by atoms with E-state index in [9.17, 15) is 0 Å². The van der Waals surface area contributed by atoms with Gasteiger partial charge in [0, 0.05) is 116 Å². The maximum absolute atomic E-state index is 4.45. The van der Waals surface area contributed by atoms with Gasteiger partial charge in [0.2, 0.25) is 0 Å². The molecule has 135 heavy (non-hydrogen) atoms. The number of fused-ring (bicyclic) bond motifs is 9. The van der Waals surface area contributed by atoms with E-state index in [1.807, 2.05) is 37.4 Å². The van der Waals surface area contributed by atoms with Crippen LogP contribution < -0.4 is 0 Å². The molecule has 15 heteroatoms. The molecule has 0 saturated heterocycles. The molecule has 18 rings (SSSR count).